The lowest BCUT2D eigenvalue weighted by molar-refractivity contribution is 1.43. The van der Waals surface area contributed by atoms with Gasteiger partial charge >= 0.3 is 0 Å². The smallest absolute Gasteiger partial charge is 0.0979 e. The quantitative estimate of drug-likeness (QED) is 0.126. The predicted octanol–water partition coefficient (Wildman–Crippen LogP) is 12.6. The lowest BCUT2D eigenvalue weighted by atomic mass is 9.98. The molecule has 3 heteroatoms. The first-order chi connectivity index (χ1) is 23.3. The predicted molar refractivity (Wildman–Crippen MR) is 204 cm³/mol. The molecule has 9 aromatic carbocycles. The summed E-state index contributed by atoms with van der Waals surface area (Å²) in [5.41, 5.74) is 3.71. The first-order valence-corrected chi connectivity index (χ1v) is 16.8. The number of aromatic nitrogens is 2. The van der Waals surface area contributed by atoms with Crippen LogP contribution >= 0.6 is 11.3 Å². The van der Waals surface area contributed by atoms with Gasteiger partial charge in [-0.1, -0.05) is 103 Å². The van der Waals surface area contributed by atoms with E-state index < -0.39 is 0 Å². The molecule has 11 aromatic rings. The van der Waals surface area contributed by atoms with Crippen LogP contribution in [0.1, 0.15) is 0 Å². The van der Waals surface area contributed by atoms with Gasteiger partial charge in [-0.3, -0.25) is 0 Å². The molecule has 0 aliphatic heterocycles. The third kappa shape index (κ3) is 3.60. The van der Waals surface area contributed by atoms with Crippen LogP contribution in [0.15, 0.2) is 146 Å². The average Bonchev–Trinajstić information content (AvgIpc) is 3.52. The van der Waals surface area contributed by atoms with Gasteiger partial charge < -0.3 is 0 Å². The van der Waals surface area contributed by atoms with Crippen LogP contribution in [0.4, 0.5) is 0 Å². The summed E-state index contributed by atoms with van der Waals surface area (Å²) >= 11 is 1.86. The molecule has 0 spiro atoms. The van der Waals surface area contributed by atoms with Crippen molar-refractivity contribution < 1.29 is 0 Å². The second-order valence-electron chi connectivity index (χ2n) is 12.6. The highest BCUT2D eigenvalue weighted by Crippen LogP contribution is 2.41. The standard InChI is InChI=1S/C44H24N2S/c1-3-14-34-32(12-1)33-13-2-4-15-35(33)44-43(34)45-38-24-30-23-36(42(38)46-44)29-11-6-10-27(21-29)25-8-5-9-26(20-25)28-18-19-39-37(22-28)41-31(30)16-7-17-40(41)47-39/h1-24H. The molecule has 0 radical (unpaired) electrons. The minimum absolute atomic E-state index is 0.905. The molecule has 47 heavy (non-hydrogen) atoms. The summed E-state index contributed by atoms with van der Waals surface area (Å²) in [6.07, 6.45) is 0. The van der Waals surface area contributed by atoms with Crippen molar-refractivity contribution in [2.75, 3.05) is 0 Å². The minimum Gasteiger partial charge on any atom is -0.244 e. The molecule has 0 amide bonds. The van der Waals surface area contributed by atoms with E-state index in [0.717, 1.165) is 49.0 Å². The van der Waals surface area contributed by atoms with E-state index in [4.69, 9.17) is 9.97 Å². The van der Waals surface area contributed by atoms with Gasteiger partial charge in [0, 0.05) is 36.3 Å². The molecule has 11 rings (SSSR count). The van der Waals surface area contributed by atoms with E-state index in [9.17, 15) is 0 Å². The average molecular weight is 613 g/mol. The van der Waals surface area contributed by atoms with Crippen LogP contribution in [0.5, 0.6) is 0 Å². The largest absolute Gasteiger partial charge is 0.244 e. The molecule has 8 bridgehead atoms. The lowest BCUT2D eigenvalue weighted by Gasteiger charge is -2.11. The van der Waals surface area contributed by atoms with E-state index in [2.05, 4.69) is 146 Å². The molecular formula is C44H24N2S. The SMILES string of the molecule is c1cc2cc(c1)c1ccc3sc4cccc(c5cc6nc7c8ccccc8c8ccccc8c7nc6c(c5)c5cccc2c5)c4c3c1. The molecule has 0 unspecified atom stereocenters. The Kier molecular flexibility index (Phi) is 5.02. The van der Waals surface area contributed by atoms with Crippen LogP contribution in [-0.2, 0) is 0 Å². The Morgan fingerprint density at radius 3 is 1.64 bits per heavy atom. The first-order valence-electron chi connectivity index (χ1n) is 16.0. The van der Waals surface area contributed by atoms with Gasteiger partial charge in [-0.2, -0.15) is 0 Å². The van der Waals surface area contributed by atoms with Gasteiger partial charge in [0.25, 0.3) is 0 Å². The molecular weight excluding hydrogens is 589 g/mol. The van der Waals surface area contributed by atoms with Crippen LogP contribution in [0.2, 0.25) is 0 Å². The minimum atomic E-state index is 0.905. The number of hydrogen-bond acceptors (Lipinski definition) is 3. The van der Waals surface area contributed by atoms with Gasteiger partial charge in [-0.15, -0.1) is 11.3 Å². The van der Waals surface area contributed by atoms with Gasteiger partial charge in [0.15, 0.2) is 0 Å². The Hall–Kier alpha value is -5.90. The zero-order valence-electron chi connectivity index (χ0n) is 25.2. The maximum absolute atomic E-state index is 5.52. The number of benzene rings is 8. The van der Waals surface area contributed by atoms with E-state index in [1.807, 2.05) is 11.3 Å². The molecule has 0 fully saturated rings. The Balaban J connectivity index is 1.44. The van der Waals surface area contributed by atoms with E-state index in [0.29, 0.717) is 0 Å². The van der Waals surface area contributed by atoms with Crippen molar-refractivity contribution in [3.8, 4) is 0 Å². The van der Waals surface area contributed by atoms with Crippen molar-refractivity contribution in [3.05, 3.63) is 146 Å². The summed E-state index contributed by atoms with van der Waals surface area (Å²) in [5, 5.41) is 16.7. The maximum atomic E-state index is 5.52. The normalized spacial score (nSPS) is 12.3. The Morgan fingerprint density at radius 1 is 0.319 bits per heavy atom. The van der Waals surface area contributed by atoms with Crippen LogP contribution < -0.4 is 0 Å². The molecule has 0 atom stereocenters. The number of thiophene rings is 1. The van der Waals surface area contributed by atoms with Crippen molar-refractivity contribution in [3.63, 3.8) is 0 Å². The second-order valence-corrected chi connectivity index (χ2v) is 13.6. The maximum Gasteiger partial charge on any atom is 0.0979 e. The molecule has 2 heterocycles. The molecule has 0 saturated heterocycles. The fraction of sp³-hybridized carbons (Fsp3) is 0. The highest BCUT2D eigenvalue weighted by atomic mass is 32.1. The van der Waals surface area contributed by atoms with Crippen molar-refractivity contribution in [1.29, 1.82) is 0 Å². The summed E-state index contributed by atoms with van der Waals surface area (Å²) in [5.74, 6) is 0. The van der Waals surface area contributed by atoms with Crippen molar-refractivity contribution in [2.45, 2.75) is 0 Å². The molecule has 216 valence electrons. The fourth-order valence-electron chi connectivity index (χ4n) is 7.75. The molecule has 2 nitrogen and oxygen atoms in total. The third-order valence-electron chi connectivity index (χ3n) is 9.93. The van der Waals surface area contributed by atoms with E-state index in [1.165, 1.54) is 57.9 Å². The van der Waals surface area contributed by atoms with Crippen LogP contribution in [-0.4, -0.2) is 9.97 Å². The summed E-state index contributed by atoms with van der Waals surface area (Å²) in [6.45, 7) is 0. The van der Waals surface area contributed by atoms with E-state index in [-0.39, 0.29) is 0 Å². The summed E-state index contributed by atoms with van der Waals surface area (Å²) in [6, 6.07) is 53.3. The Labute approximate surface area is 272 Å². The zero-order chi connectivity index (χ0) is 30.6. The van der Waals surface area contributed by atoms with Gasteiger partial charge in [0.05, 0.1) is 22.1 Å². The molecule has 2 aromatic heterocycles. The molecule has 0 aliphatic rings. The molecule has 0 N–H and O–H groups in total. The summed E-state index contributed by atoms with van der Waals surface area (Å²) in [4.78, 5) is 11.0. The fourth-order valence-corrected chi connectivity index (χ4v) is 8.86. The van der Waals surface area contributed by atoms with E-state index in [1.54, 1.807) is 0 Å². The number of nitrogens with zero attached hydrogens (tertiary/aromatic N) is 2. The topological polar surface area (TPSA) is 25.8 Å². The van der Waals surface area contributed by atoms with Gasteiger partial charge in [-0.25, -0.2) is 9.97 Å². The number of hydrogen-bond donors (Lipinski definition) is 0. The first kappa shape index (κ1) is 25.3. The highest BCUT2D eigenvalue weighted by molar-refractivity contribution is 7.26. The van der Waals surface area contributed by atoms with Crippen LogP contribution in [0.25, 0.3) is 107 Å². The molecule has 0 aliphatic carbocycles. The van der Waals surface area contributed by atoms with E-state index >= 15 is 0 Å². The van der Waals surface area contributed by atoms with Crippen molar-refractivity contribution in [1.82, 2.24) is 9.97 Å². The highest BCUT2D eigenvalue weighted by Gasteiger charge is 2.15. The lowest BCUT2D eigenvalue weighted by Crippen LogP contribution is -1.92. The van der Waals surface area contributed by atoms with Crippen LogP contribution in [0, 0.1) is 0 Å². The Morgan fingerprint density at radius 2 is 0.894 bits per heavy atom. The third-order valence-corrected chi connectivity index (χ3v) is 11.1. The summed E-state index contributed by atoms with van der Waals surface area (Å²) < 4.78 is 2.59. The van der Waals surface area contributed by atoms with Crippen LogP contribution in [0.3, 0.4) is 0 Å². The van der Waals surface area contributed by atoms with Gasteiger partial charge in [0.1, 0.15) is 0 Å². The Bertz CT molecular complexity index is 3190. The molecule has 0 saturated carbocycles. The van der Waals surface area contributed by atoms with Crippen molar-refractivity contribution >= 4 is 118 Å². The van der Waals surface area contributed by atoms with Crippen molar-refractivity contribution in [2.24, 2.45) is 0 Å². The number of fused-ring (bicyclic) bond motifs is 19. The van der Waals surface area contributed by atoms with Gasteiger partial charge in [-0.05, 0) is 90.9 Å². The monoisotopic (exact) mass is 612 g/mol. The zero-order valence-corrected chi connectivity index (χ0v) is 26.0. The summed E-state index contributed by atoms with van der Waals surface area (Å²) in [7, 11) is 0. The number of rotatable bonds is 0. The van der Waals surface area contributed by atoms with Gasteiger partial charge in [0.2, 0.25) is 0 Å². The second kappa shape index (κ2) is 9.32.